The summed E-state index contributed by atoms with van der Waals surface area (Å²) in [7, 11) is 1.96. The minimum atomic E-state index is -4.64. The minimum Gasteiger partial charge on any atom is -0.390 e. The van der Waals surface area contributed by atoms with Gasteiger partial charge in [0, 0.05) is 44.0 Å². The Hall–Kier alpha value is -4.21. The van der Waals surface area contributed by atoms with Crippen LogP contribution in [0.2, 0.25) is 0 Å². The number of nitrogens with two attached hydrogens (primary N) is 2. The predicted molar refractivity (Wildman–Crippen MR) is 156 cm³/mol. The fourth-order valence-electron chi connectivity index (χ4n) is 5.65. The van der Waals surface area contributed by atoms with Gasteiger partial charge in [-0.05, 0) is 56.6 Å². The quantitative estimate of drug-likeness (QED) is 0.252. The molecule has 5 rings (SSSR count). The lowest BCUT2D eigenvalue weighted by molar-refractivity contribution is -0.138. The van der Waals surface area contributed by atoms with E-state index in [1.807, 2.05) is 11.9 Å². The molecule has 2 fully saturated rings. The number of primary amides is 1. The maximum absolute atomic E-state index is 15.1. The van der Waals surface area contributed by atoms with Crippen LogP contribution in [0.15, 0.2) is 36.4 Å². The van der Waals surface area contributed by atoms with Crippen molar-refractivity contribution in [2.75, 3.05) is 49.6 Å². The molecule has 0 unspecified atom stereocenters. The zero-order valence-electron chi connectivity index (χ0n) is 24.2. The largest absolute Gasteiger partial charge is 0.416 e. The van der Waals surface area contributed by atoms with E-state index < -0.39 is 35.1 Å². The molecule has 0 atom stereocenters. The van der Waals surface area contributed by atoms with Gasteiger partial charge in [0.15, 0.2) is 0 Å². The molecule has 1 aliphatic heterocycles. The van der Waals surface area contributed by atoms with Crippen molar-refractivity contribution in [2.45, 2.75) is 44.1 Å². The SMILES string of the molecule is CN1CCN(Cc2ccc(NC(=O)Nc3ccc(-c4nn(C5CC(C)(O)C5)c(N)c4C(N)=O)cc3F)cc2C(F)(F)F)CC1. The molecule has 2 aromatic carbocycles. The van der Waals surface area contributed by atoms with E-state index in [0.29, 0.717) is 25.9 Å². The monoisotopic (exact) mass is 618 g/mol. The van der Waals surface area contributed by atoms with Crippen LogP contribution in [0.25, 0.3) is 11.3 Å². The first kappa shape index (κ1) is 31.2. The van der Waals surface area contributed by atoms with Gasteiger partial charge in [0.1, 0.15) is 22.9 Å². The van der Waals surface area contributed by atoms with Gasteiger partial charge in [-0.15, -0.1) is 0 Å². The molecule has 1 aliphatic carbocycles. The number of benzene rings is 2. The second kappa shape index (κ2) is 11.7. The first-order chi connectivity index (χ1) is 20.6. The number of piperazine rings is 1. The molecule has 3 aromatic rings. The van der Waals surface area contributed by atoms with Gasteiger partial charge in [0.05, 0.1) is 22.9 Å². The number of rotatable bonds is 7. The van der Waals surface area contributed by atoms with Crippen molar-refractivity contribution in [3.63, 3.8) is 0 Å². The minimum absolute atomic E-state index is 0.0113. The number of hydrogen-bond acceptors (Lipinski definition) is 7. The number of halogens is 4. The third kappa shape index (κ3) is 6.64. The number of aliphatic hydroxyl groups is 1. The van der Waals surface area contributed by atoms with Crippen LogP contribution in [0.1, 0.15) is 47.3 Å². The number of urea groups is 1. The number of likely N-dealkylation sites (N-methyl/N-ethyl adjacent to an activating group) is 1. The molecule has 3 amide bonds. The number of carbonyl (C=O) groups is 2. The van der Waals surface area contributed by atoms with Crippen LogP contribution in [0.4, 0.5) is 39.5 Å². The molecule has 2 aliphatic rings. The highest BCUT2D eigenvalue weighted by atomic mass is 19.4. The summed E-state index contributed by atoms with van der Waals surface area (Å²) in [6.07, 6.45) is -3.94. The highest BCUT2D eigenvalue weighted by molar-refractivity contribution is 6.04. The van der Waals surface area contributed by atoms with Gasteiger partial charge in [-0.1, -0.05) is 12.1 Å². The Kier molecular flexibility index (Phi) is 8.31. The number of carbonyl (C=O) groups excluding carboxylic acids is 2. The van der Waals surface area contributed by atoms with Gasteiger partial charge in [-0.25, -0.2) is 13.9 Å². The molecule has 15 heteroatoms. The average molecular weight is 619 g/mol. The summed E-state index contributed by atoms with van der Waals surface area (Å²) >= 11 is 0. The third-order valence-electron chi connectivity index (χ3n) is 8.04. The van der Waals surface area contributed by atoms with Crippen LogP contribution in [0, 0.1) is 5.82 Å². The molecular formula is C29H34F4N8O3. The Balaban J connectivity index is 1.30. The molecule has 11 nitrogen and oxygen atoms in total. The van der Waals surface area contributed by atoms with Crippen molar-refractivity contribution in [3.8, 4) is 11.3 Å². The van der Waals surface area contributed by atoms with Gasteiger partial charge in [-0.3, -0.25) is 9.69 Å². The summed E-state index contributed by atoms with van der Waals surface area (Å²) in [6, 6.07) is 5.97. The van der Waals surface area contributed by atoms with Gasteiger partial charge < -0.3 is 32.1 Å². The van der Waals surface area contributed by atoms with Crippen molar-refractivity contribution in [1.29, 1.82) is 0 Å². The number of amides is 3. The van der Waals surface area contributed by atoms with Crippen LogP contribution in [-0.4, -0.2) is 75.5 Å². The second-order valence-electron chi connectivity index (χ2n) is 11.7. The summed E-state index contributed by atoms with van der Waals surface area (Å²) in [5.41, 5.74) is 9.71. The van der Waals surface area contributed by atoms with Crippen LogP contribution in [0.3, 0.4) is 0 Å². The van der Waals surface area contributed by atoms with Crippen molar-refractivity contribution < 1.29 is 32.3 Å². The van der Waals surface area contributed by atoms with E-state index in [1.165, 1.54) is 28.9 Å². The lowest BCUT2D eigenvalue weighted by atomic mass is 9.77. The van der Waals surface area contributed by atoms with Crippen LogP contribution in [0.5, 0.6) is 0 Å². The molecule has 7 N–H and O–H groups in total. The smallest absolute Gasteiger partial charge is 0.390 e. The lowest BCUT2D eigenvalue weighted by Crippen LogP contribution is -2.44. The van der Waals surface area contributed by atoms with Gasteiger partial charge in [0.25, 0.3) is 5.91 Å². The number of nitrogen functional groups attached to an aromatic ring is 1. The highest BCUT2D eigenvalue weighted by Crippen LogP contribution is 2.43. The molecule has 0 spiro atoms. The molecule has 44 heavy (non-hydrogen) atoms. The Bertz CT molecular complexity index is 1570. The fourth-order valence-corrected chi connectivity index (χ4v) is 5.65. The highest BCUT2D eigenvalue weighted by Gasteiger charge is 2.42. The number of alkyl halides is 3. The average Bonchev–Trinajstić information content (AvgIpc) is 3.26. The van der Waals surface area contributed by atoms with E-state index in [-0.39, 0.29) is 52.2 Å². The maximum Gasteiger partial charge on any atom is 0.416 e. The number of anilines is 3. The predicted octanol–water partition coefficient (Wildman–Crippen LogP) is 3.87. The summed E-state index contributed by atoms with van der Waals surface area (Å²) in [5, 5.41) is 19.1. The Labute approximate surface area is 250 Å². The summed E-state index contributed by atoms with van der Waals surface area (Å²) in [4.78, 5) is 28.9. The molecular weight excluding hydrogens is 584 g/mol. The van der Waals surface area contributed by atoms with Crippen molar-refractivity contribution in [1.82, 2.24) is 19.6 Å². The fraction of sp³-hybridized carbons (Fsp3) is 0.414. The first-order valence-corrected chi connectivity index (χ1v) is 14.0. The standard InChI is InChI=1S/C29H34F4N8O3/c1-28(44)13-19(14-28)41-25(34)23(26(35)42)24(38-41)16-4-6-22(21(30)11-16)37-27(43)36-18-5-3-17(20(12-18)29(31,32)33)15-40-9-7-39(2)8-10-40/h3-6,11-12,19,44H,7-10,13-15,34H2,1-2H3,(H2,35,42)(H2,36,37,43). The third-order valence-corrected chi connectivity index (χ3v) is 8.04. The van der Waals surface area contributed by atoms with Crippen molar-refractivity contribution >= 4 is 29.1 Å². The Morgan fingerprint density at radius 1 is 1.09 bits per heavy atom. The van der Waals surface area contributed by atoms with Gasteiger partial charge >= 0.3 is 12.2 Å². The maximum atomic E-state index is 15.1. The van der Waals surface area contributed by atoms with E-state index >= 15 is 4.39 Å². The molecule has 1 saturated heterocycles. The lowest BCUT2D eigenvalue weighted by Gasteiger charge is -2.41. The van der Waals surface area contributed by atoms with E-state index in [9.17, 15) is 27.9 Å². The Morgan fingerprint density at radius 2 is 1.77 bits per heavy atom. The molecule has 236 valence electrons. The number of aromatic nitrogens is 2. The van der Waals surface area contributed by atoms with Gasteiger partial charge in [0.2, 0.25) is 0 Å². The van der Waals surface area contributed by atoms with Crippen LogP contribution < -0.4 is 22.1 Å². The normalized spacial score (nSPS) is 21.1. The molecule has 0 bridgehead atoms. The topological polar surface area (TPSA) is 155 Å². The van der Waals surface area contributed by atoms with E-state index in [0.717, 1.165) is 25.2 Å². The zero-order valence-corrected chi connectivity index (χ0v) is 24.2. The first-order valence-electron chi connectivity index (χ1n) is 14.0. The summed E-state index contributed by atoms with van der Waals surface area (Å²) in [6.45, 7) is 4.58. The van der Waals surface area contributed by atoms with E-state index in [4.69, 9.17) is 11.5 Å². The summed E-state index contributed by atoms with van der Waals surface area (Å²) in [5.74, 6) is -1.78. The van der Waals surface area contributed by atoms with Crippen molar-refractivity contribution in [2.24, 2.45) is 5.73 Å². The van der Waals surface area contributed by atoms with Crippen LogP contribution in [-0.2, 0) is 12.7 Å². The molecule has 2 heterocycles. The number of nitrogens with one attached hydrogen (secondary N) is 2. The van der Waals surface area contributed by atoms with E-state index in [1.54, 1.807) is 6.92 Å². The number of hydrogen-bond donors (Lipinski definition) is 5. The molecule has 1 saturated carbocycles. The van der Waals surface area contributed by atoms with Crippen LogP contribution >= 0.6 is 0 Å². The molecule has 0 radical (unpaired) electrons. The summed E-state index contributed by atoms with van der Waals surface area (Å²) < 4.78 is 58.2. The second-order valence-corrected chi connectivity index (χ2v) is 11.7. The zero-order chi connectivity index (χ0) is 32.0. The Morgan fingerprint density at radius 3 is 2.36 bits per heavy atom. The van der Waals surface area contributed by atoms with Gasteiger partial charge in [-0.2, -0.15) is 18.3 Å². The van der Waals surface area contributed by atoms with E-state index in [2.05, 4.69) is 20.6 Å². The van der Waals surface area contributed by atoms with Crippen molar-refractivity contribution in [3.05, 3.63) is 58.9 Å². The molecule has 1 aromatic heterocycles. The number of nitrogens with zero attached hydrogens (tertiary/aromatic N) is 4.